The van der Waals surface area contributed by atoms with Crippen molar-refractivity contribution in [3.63, 3.8) is 0 Å². The largest absolute Gasteiger partial charge is 0.308 e. The zero-order valence-electron chi connectivity index (χ0n) is 13.6. The van der Waals surface area contributed by atoms with E-state index in [1.165, 1.54) is 16.9 Å². The van der Waals surface area contributed by atoms with Crippen LogP contribution in [0.5, 0.6) is 0 Å². The summed E-state index contributed by atoms with van der Waals surface area (Å²) in [6.07, 6.45) is 4.91. The number of hydrogen-bond acceptors (Lipinski definition) is 5. The Labute approximate surface area is 142 Å². The molecule has 4 rings (SSSR count). The third-order valence-corrected chi connectivity index (χ3v) is 4.20. The highest BCUT2D eigenvalue weighted by atomic mass is 19.1. The van der Waals surface area contributed by atoms with Gasteiger partial charge in [0.1, 0.15) is 5.82 Å². The second-order valence-corrected chi connectivity index (χ2v) is 5.96. The van der Waals surface area contributed by atoms with Crippen LogP contribution < -0.4 is 4.90 Å². The summed E-state index contributed by atoms with van der Waals surface area (Å²) in [5.41, 5.74) is 1.28. The Bertz CT molecular complexity index is 919. The number of nitrogens with zero attached hydrogens (tertiary/aromatic N) is 7. The number of hydrogen-bond donors (Lipinski definition) is 0. The Morgan fingerprint density at radius 2 is 2.20 bits per heavy atom. The third kappa shape index (κ3) is 2.88. The molecule has 1 atom stereocenters. The van der Waals surface area contributed by atoms with Gasteiger partial charge >= 0.3 is 0 Å². The molecule has 1 aromatic carbocycles. The number of carbonyl (C=O) groups excluding carboxylic acids is 1. The highest BCUT2D eigenvalue weighted by molar-refractivity contribution is 5.96. The van der Waals surface area contributed by atoms with E-state index in [2.05, 4.69) is 20.5 Å². The van der Waals surface area contributed by atoms with Crippen LogP contribution in [0.1, 0.15) is 18.9 Å². The van der Waals surface area contributed by atoms with Crippen LogP contribution in [-0.2, 0) is 11.8 Å². The molecule has 1 aliphatic heterocycles. The number of piperidine rings is 1. The summed E-state index contributed by atoms with van der Waals surface area (Å²) in [4.78, 5) is 15.8. The van der Waals surface area contributed by atoms with Crippen molar-refractivity contribution in [2.24, 2.45) is 7.05 Å². The average Bonchev–Trinajstić information content (AvgIpc) is 3.24. The van der Waals surface area contributed by atoms with Gasteiger partial charge in [0.05, 0.1) is 11.9 Å². The summed E-state index contributed by atoms with van der Waals surface area (Å²) in [5.74, 6) is -0.168. The third-order valence-electron chi connectivity index (χ3n) is 4.20. The summed E-state index contributed by atoms with van der Waals surface area (Å²) in [6.45, 7) is 0.631. The van der Waals surface area contributed by atoms with Gasteiger partial charge in [-0.1, -0.05) is 12.1 Å². The van der Waals surface area contributed by atoms with Crippen molar-refractivity contribution < 1.29 is 9.18 Å². The molecule has 0 unspecified atom stereocenters. The maximum Gasteiger partial charge on any atom is 0.253 e. The lowest BCUT2D eigenvalue weighted by atomic mass is 10.1. The molecule has 128 valence electrons. The molecule has 1 saturated heterocycles. The number of rotatable bonds is 3. The van der Waals surface area contributed by atoms with Crippen molar-refractivity contribution in [1.29, 1.82) is 0 Å². The molecule has 0 radical (unpaired) electrons. The zero-order chi connectivity index (χ0) is 17.4. The van der Waals surface area contributed by atoms with Gasteiger partial charge in [-0.2, -0.15) is 9.90 Å². The van der Waals surface area contributed by atoms with E-state index in [1.807, 2.05) is 0 Å². The van der Waals surface area contributed by atoms with Crippen LogP contribution in [-0.4, -0.2) is 42.4 Å². The molecule has 8 nitrogen and oxygen atoms in total. The fourth-order valence-corrected chi connectivity index (χ4v) is 2.97. The summed E-state index contributed by atoms with van der Waals surface area (Å²) in [7, 11) is 1.81. The number of amides is 1. The number of benzene rings is 1. The van der Waals surface area contributed by atoms with Crippen molar-refractivity contribution in [3.05, 3.63) is 42.5 Å². The number of aryl methyl sites for hydroxylation is 1. The molecule has 1 amide bonds. The van der Waals surface area contributed by atoms with Crippen LogP contribution in [0.15, 0.2) is 36.7 Å². The first-order valence-corrected chi connectivity index (χ1v) is 7.97. The predicted octanol–water partition coefficient (Wildman–Crippen LogP) is 1.58. The molecule has 1 aliphatic rings. The number of tetrazole rings is 1. The Morgan fingerprint density at radius 3 is 2.96 bits per heavy atom. The zero-order valence-corrected chi connectivity index (χ0v) is 13.6. The summed E-state index contributed by atoms with van der Waals surface area (Å²) in [5, 5.41) is 16.4. The number of anilines is 1. The molecule has 0 spiro atoms. The molecule has 0 saturated carbocycles. The van der Waals surface area contributed by atoms with Crippen LogP contribution in [0.3, 0.4) is 0 Å². The van der Waals surface area contributed by atoms with Gasteiger partial charge in [0.2, 0.25) is 5.82 Å². The monoisotopic (exact) mass is 341 g/mol. The Kier molecular flexibility index (Phi) is 3.75. The highest BCUT2D eigenvalue weighted by Gasteiger charge is 2.33. The Balaban J connectivity index is 1.60. The summed E-state index contributed by atoms with van der Waals surface area (Å²) >= 11 is 0. The van der Waals surface area contributed by atoms with Crippen LogP contribution in [0.2, 0.25) is 0 Å². The summed E-state index contributed by atoms with van der Waals surface area (Å²) < 4.78 is 15.0. The van der Waals surface area contributed by atoms with E-state index >= 15 is 0 Å². The van der Waals surface area contributed by atoms with Crippen molar-refractivity contribution in [2.75, 3.05) is 11.4 Å². The normalized spacial score (nSPS) is 17.9. The van der Waals surface area contributed by atoms with Gasteiger partial charge in [0.25, 0.3) is 5.91 Å². The van der Waals surface area contributed by atoms with E-state index in [0.29, 0.717) is 24.4 Å². The van der Waals surface area contributed by atoms with Crippen molar-refractivity contribution in [1.82, 2.24) is 30.0 Å². The molecule has 0 bridgehead atoms. The minimum absolute atomic E-state index is 0.0950. The van der Waals surface area contributed by atoms with Crippen LogP contribution >= 0.6 is 0 Å². The first-order chi connectivity index (χ1) is 12.1. The molecular weight excluding hydrogens is 325 g/mol. The molecule has 9 heteroatoms. The SMILES string of the molecule is Cn1cc(N2CCC[C@H](n3nnc(-c4cccc(F)c4)n3)C2=O)cn1. The predicted molar refractivity (Wildman–Crippen MR) is 87.0 cm³/mol. The summed E-state index contributed by atoms with van der Waals surface area (Å²) in [6, 6.07) is 5.45. The molecule has 0 N–H and O–H groups in total. The quantitative estimate of drug-likeness (QED) is 0.722. The van der Waals surface area contributed by atoms with Crippen LogP contribution in [0.4, 0.5) is 10.1 Å². The lowest BCUT2D eigenvalue weighted by Gasteiger charge is -2.30. The molecule has 3 heterocycles. The van der Waals surface area contributed by atoms with Gasteiger partial charge in [0.15, 0.2) is 6.04 Å². The van der Waals surface area contributed by atoms with Gasteiger partial charge in [0, 0.05) is 25.4 Å². The minimum atomic E-state index is -0.524. The molecule has 0 aliphatic carbocycles. The highest BCUT2D eigenvalue weighted by Crippen LogP contribution is 2.27. The Morgan fingerprint density at radius 1 is 1.32 bits per heavy atom. The van der Waals surface area contributed by atoms with Gasteiger partial charge in [-0.15, -0.1) is 10.2 Å². The van der Waals surface area contributed by atoms with E-state index in [1.54, 1.807) is 41.2 Å². The van der Waals surface area contributed by atoms with Crippen molar-refractivity contribution in [3.8, 4) is 11.4 Å². The second kappa shape index (κ2) is 6.08. The van der Waals surface area contributed by atoms with E-state index < -0.39 is 6.04 Å². The fraction of sp³-hybridized carbons (Fsp3) is 0.312. The molecule has 1 fully saturated rings. The van der Waals surface area contributed by atoms with Crippen LogP contribution in [0, 0.1) is 5.82 Å². The van der Waals surface area contributed by atoms with Gasteiger partial charge in [-0.3, -0.25) is 9.48 Å². The topological polar surface area (TPSA) is 81.7 Å². The molecular formula is C16H16FN7O. The van der Waals surface area contributed by atoms with Gasteiger partial charge < -0.3 is 4.90 Å². The average molecular weight is 341 g/mol. The lowest BCUT2D eigenvalue weighted by Crippen LogP contribution is -2.42. The molecule has 3 aromatic rings. The first kappa shape index (κ1) is 15.4. The van der Waals surface area contributed by atoms with Crippen molar-refractivity contribution in [2.45, 2.75) is 18.9 Å². The molecule has 2 aromatic heterocycles. The minimum Gasteiger partial charge on any atom is -0.308 e. The van der Waals surface area contributed by atoms with E-state index in [4.69, 9.17) is 0 Å². The fourth-order valence-electron chi connectivity index (χ4n) is 2.97. The van der Waals surface area contributed by atoms with E-state index in [-0.39, 0.29) is 11.7 Å². The van der Waals surface area contributed by atoms with E-state index in [0.717, 1.165) is 12.1 Å². The standard InChI is InChI=1S/C16H16FN7O/c1-22-10-13(9-18-22)23-7-3-6-14(16(23)25)24-20-15(19-21-24)11-4-2-5-12(17)8-11/h2,4-5,8-10,14H,3,6-7H2,1H3/t14-/m0/s1. The van der Waals surface area contributed by atoms with E-state index in [9.17, 15) is 9.18 Å². The number of halogens is 1. The van der Waals surface area contributed by atoms with Gasteiger partial charge in [-0.05, 0) is 30.2 Å². The first-order valence-electron chi connectivity index (χ1n) is 7.97. The number of carbonyl (C=O) groups is 1. The molecule has 25 heavy (non-hydrogen) atoms. The van der Waals surface area contributed by atoms with Gasteiger partial charge in [-0.25, -0.2) is 4.39 Å². The van der Waals surface area contributed by atoms with Crippen LogP contribution in [0.25, 0.3) is 11.4 Å². The maximum absolute atomic E-state index is 13.4. The number of aromatic nitrogens is 6. The lowest BCUT2D eigenvalue weighted by molar-refractivity contribution is -0.123. The maximum atomic E-state index is 13.4. The van der Waals surface area contributed by atoms with Crippen molar-refractivity contribution >= 4 is 11.6 Å². The smallest absolute Gasteiger partial charge is 0.253 e. The Hall–Kier alpha value is -3.10. The second-order valence-electron chi connectivity index (χ2n) is 5.96.